The Morgan fingerprint density at radius 2 is 1.69 bits per heavy atom. The lowest BCUT2D eigenvalue weighted by molar-refractivity contribution is -0.0825. The number of hydrogen-bond donors (Lipinski definition) is 4. The molecule has 78 valence electrons. The van der Waals surface area contributed by atoms with Crippen molar-refractivity contribution in [2.24, 2.45) is 5.16 Å². The number of aliphatic hydroxyl groups excluding tert-OH is 4. The van der Waals surface area contributed by atoms with Crippen LogP contribution in [0.4, 0.5) is 0 Å². The van der Waals surface area contributed by atoms with E-state index in [-0.39, 0.29) is 0 Å². The van der Waals surface area contributed by atoms with Crippen molar-refractivity contribution in [3.63, 3.8) is 0 Å². The van der Waals surface area contributed by atoms with Crippen molar-refractivity contribution >= 4 is 6.21 Å². The third-order valence-corrected chi connectivity index (χ3v) is 1.51. The van der Waals surface area contributed by atoms with Crippen LogP contribution in [0.3, 0.4) is 0 Å². The summed E-state index contributed by atoms with van der Waals surface area (Å²) in [7, 11) is 1.28. The highest BCUT2D eigenvalue weighted by Crippen LogP contribution is 2.03. The maximum atomic E-state index is 9.18. The highest BCUT2D eigenvalue weighted by Gasteiger charge is 2.26. The van der Waals surface area contributed by atoms with Gasteiger partial charge in [0, 0.05) is 0 Å². The predicted molar refractivity (Wildman–Crippen MR) is 45.2 cm³/mol. The van der Waals surface area contributed by atoms with Gasteiger partial charge in [-0.3, -0.25) is 0 Å². The average Bonchev–Trinajstić information content (AvgIpc) is 2.11. The maximum absolute atomic E-state index is 9.18. The Labute approximate surface area is 76.1 Å². The van der Waals surface area contributed by atoms with E-state index >= 15 is 0 Å². The van der Waals surface area contributed by atoms with Gasteiger partial charge in [0.1, 0.15) is 25.4 Å². The van der Waals surface area contributed by atoms with Crippen LogP contribution in [0.25, 0.3) is 0 Å². The minimum atomic E-state index is -1.49. The number of aliphatic hydroxyl groups is 4. The lowest BCUT2D eigenvalue weighted by Crippen LogP contribution is -2.44. The van der Waals surface area contributed by atoms with Gasteiger partial charge in [-0.15, -0.1) is 0 Å². The van der Waals surface area contributed by atoms with Crippen molar-refractivity contribution in [3.05, 3.63) is 0 Å². The molecule has 0 amide bonds. The summed E-state index contributed by atoms with van der Waals surface area (Å²) in [6, 6.07) is 0. The molecule has 0 aromatic carbocycles. The van der Waals surface area contributed by atoms with Gasteiger partial charge in [0.15, 0.2) is 0 Å². The molecule has 0 spiro atoms. The Morgan fingerprint density at radius 3 is 2.08 bits per heavy atom. The van der Waals surface area contributed by atoms with E-state index in [0.29, 0.717) is 0 Å². The Hall–Kier alpha value is -0.690. The number of oxime groups is 1. The molecule has 6 nitrogen and oxygen atoms in total. The van der Waals surface area contributed by atoms with Crippen LogP contribution in [0.2, 0.25) is 0 Å². The molecular formula is C7H15NO5. The summed E-state index contributed by atoms with van der Waals surface area (Å²) in [6.45, 7) is 1.30. The minimum absolute atomic E-state index is 0.927. The van der Waals surface area contributed by atoms with Crippen molar-refractivity contribution in [3.8, 4) is 0 Å². The van der Waals surface area contributed by atoms with E-state index in [2.05, 4.69) is 9.99 Å². The zero-order chi connectivity index (χ0) is 10.4. The van der Waals surface area contributed by atoms with Crippen LogP contribution in [-0.4, -0.2) is 58.2 Å². The van der Waals surface area contributed by atoms with Crippen LogP contribution < -0.4 is 0 Å². The summed E-state index contributed by atoms with van der Waals surface area (Å²) in [5.41, 5.74) is 0. The van der Waals surface area contributed by atoms with E-state index in [4.69, 9.17) is 15.3 Å². The fourth-order valence-corrected chi connectivity index (χ4v) is 0.699. The molecule has 0 saturated heterocycles. The summed E-state index contributed by atoms with van der Waals surface area (Å²) < 4.78 is 0. The van der Waals surface area contributed by atoms with Gasteiger partial charge < -0.3 is 25.3 Å². The molecule has 0 aliphatic heterocycles. The summed E-state index contributed by atoms with van der Waals surface area (Å²) in [5, 5.41) is 39.5. The smallest absolute Gasteiger partial charge is 0.121 e. The molecule has 0 aliphatic carbocycles. The molecule has 0 saturated carbocycles. The molecule has 0 fully saturated rings. The second kappa shape index (κ2) is 5.87. The largest absolute Gasteiger partial charge is 0.399 e. The van der Waals surface area contributed by atoms with E-state index < -0.39 is 24.4 Å². The Balaban J connectivity index is 4.08. The highest BCUT2D eigenvalue weighted by molar-refractivity contribution is 5.62. The first-order valence-corrected chi connectivity index (χ1v) is 3.79. The quantitative estimate of drug-likeness (QED) is 0.301. The van der Waals surface area contributed by atoms with Crippen LogP contribution in [0.5, 0.6) is 0 Å². The first-order chi connectivity index (χ1) is 6.00. The summed E-state index contributed by atoms with van der Waals surface area (Å²) in [5.74, 6) is 0. The molecule has 4 atom stereocenters. The van der Waals surface area contributed by atoms with Crippen molar-refractivity contribution in [1.29, 1.82) is 0 Å². The molecule has 0 aromatic heterocycles. The van der Waals surface area contributed by atoms with Crippen LogP contribution in [0.15, 0.2) is 5.16 Å². The second-order valence-electron chi connectivity index (χ2n) is 2.65. The SMILES string of the molecule is CO/N=C/[C@H](O)[C@H](O)[C@@H](O)[C@H](C)O. The topological polar surface area (TPSA) is 103 Å². The van der Waals surface area contributed by atoms with Gasteiger partial charge >= 0.3 is 0 Å². The Morgan fingerprint density at radius 1 is 1.15 bits per heavy atom. The first kappa shape index (κ1) is 12.3. The minimum Gasteiger partial charge on any atom is -0.399 e. The lowest BCUT2D eigenvalue weighted by atomic mass is 10.1. The lowest BCUT2D eigenvalue weighted by Gasteiger charge is -2.21. The number of nitrogens with zero attached hydrogens (tertiary/aromatic N) is 1. The van der Waals surface area contributed by atoms with E-state index in [9.17, 15) is 5.11 Å². The third-order valence-electron chi connectivity index (χ3n) is 1.51. The highest BCUT2D eigenvalue weighted by atomic mass is 16.6. The molecular weight excluding hydrogens is 178 g/mol. The van der Waals surface area contributed by atoms with Gasteiger partial charge in [0.2, 0.25) is 0 Å². The zero-order valence-electron chi connectivity index (χ0n) is 7.53. The summed E-state index contributed by atoms with van der Waals surface area (Å²) >= 11 is 0. The Kier molecular flexibility index (Phi) is 5.56. The van der Waals surface area contributed by atoms with Crippen LogP contribution in [0.1, 0.15) is 6.92 Å². The molecule has 0 heterocycles. The van der Waals surface area contributed by atoms with Crippen LogP contribution in [0, 0.1) is 0 Å². The fourth-order valence-electron chi connectivity index (χ4n) is 0.699. The van der Waals surface area contributed by atoms with Crippen LogP contribution >= 0.6 is 0 Å². The van der Waals surface area contributed by atoms with Gasteiger partial charge in [0.25, 0.3) is 0 Å². The molecule has 0 rings (SSSR count). The monoisotopic (exact) mass is 193 g/mol. The van der Waals surface area contributed by atoms with Crippen molar-refractivity contribution in [1.82, 2.24) is 0 Å². The number of hydrogen-bond acceptors (Lipinski definition) is 6. The van der Waals surface area contributed by atoms with Gasteiger partial charge in [-0.05, 0) is 6.92 Å². The first-order valence-electron chi connectivity index (χ1n) is 3.79. The zero-order valence-corrected chi connectivity index (χ0v) is 7.53. The van der Waals surface area contributed by atoms with E-state index in [1.807, 2.05) is 0 Å². The fraction of sp³-hybridized carbons (Fsp3) is 0.857. The summed E-state index contributed by atoms with van der Waals surface area (Å²) in [6.07, 6.45) is -4.47. The van der Waals surface area contributed by atoms with Crippen molar-refractivity contribution < 1.29 is 25.3 Å². The van der Waals surface area contributed by atoms with Gasteiger partial charge in [-0.25, -0.2) is 0 Å². The molecule has 0 unspecified atom stereocenters. The molecule has 0 aliphatic rings. The average molecular weight is 193 g/mol. The van der Waals surface area contributed by atoms with Gasteiger partial charge in [-0.2, -0.15) is 0 Å². The standard InChI is InChI=1S/C7H15NO5/c1-4(9)6(11)7(12)5(10)3-8-13-2/h3-7,9-12H,1-2H3/b8-3+/t4-,5-,6-,7-/m0/s1. The van der Waals surface area contributed by atoms with Crippen molar-refractivity contribution in [2.75, 3.05) is 7.11 Å². The van der Waals surface area contributed by atoms with E-state index in [0.717, 1.165) is 6.21 Å². The molecule has 6 heteroatoms. The third kappa shape index (κ3) is 4.18. The molecule has 4 N–H and O–H groups in total. The van der Waals surface area contributed by atoms with E-state index in [1.165, 1.54) is 14.0 Å². The second-order valence-corrected chi connectivity index (χ2v) is 2.65. The van der Waals surface area contributed by atoms with Crippen molar-refractivity contribution in [2.45, 2.75) is 31.3 Å². The van der Waals surface area contributed by atoms with Crippen LogP contribution in [-0.2, 0) is 4.84 Å². The van der Waals surface area contributed by atoms with Gasteiger partial charge in [0.05, 0.1) is 12.3 Å². The summed E-state index contributed by atoms with van der Waals surface area (Å²) in [4.78, 5) is 4.26. The predicted octanol–water partition coefficient (Wildman–Crippen LogP) is -1.92. The van der Waals surface area contributed by atoms with E-state index in [1.54, 1.807) is 0 Å². The normalized spacial score (nSPS) is 21.1. The Bertz CT molecular complexity index is 161. The molecule has 0 bridgehead atoms. The number of rotatable bonds is 5. The van der Waals surface area contributed by atoms with Gasteiger partial charge in [-0.1, -0.05) is 5.16 Å². The molecule has 13 heavy (non-hydrogen) atoms. The maximum Gasteiger partial charge on any atom is 0.121 e. The molecule has 0 radical (unpaired) electrons. The molecule has 0 aromatic rings.